The van der Waals surface area contributed by atoms with Crippen LogP contribution in [-0.2, 0) is 19.4 Å². The summed E-state index contributed by atoms with van der Waals surface area (Å²) in [6.45, 7) is 7.10. The lowest BCUT2D eigenvalue weighted by Gasteiger charge is -2.38. The molecule has 2 aliphatic heterocycles. The number of hydrogen-bond donors (Lipinski definition) is 1. The lowest BCUT2D eigenvalue weighted by atomic mass is 9.97. The molecule has 4 heteroatoms. The van der Waals surface area contributed by atoms with E-state index in [2.05, 4.69) is 29.5 Å². The average molecular weight is 291 g/mol. The van der Waals surface area contributed by atoms with Gasteiger partial charge >= 0.3 is 0 Å². The van der Waals surface area contributed by atoms with Crippen molar-refractivity contribution in [2.45, 2.75) is 71.0 Å². The van der Waals surface area contributed by atoms with Crippen molar-refractivity contribution in [3.8, 4) is 0 Å². The van der Waals surface area contributed by atoms with Gasteiger partial charge in [0.25, 0.3) is 0 Å². The topological polar surface area (TPSA) is 41.3 Å². The summed E-state index contributed by atoms with van der Waals surface area (Å²) in [7, 11) is 0. The quantitative estimate of drug-likeness (QED) is 0.925. The molecule has 0 radical (unpaired) electrons. The van der Waals surface area contributed by atoms with Gasteiger partial charge in [0, 0.05) is 50.2 Å². The maximum absolute atomic E-state index is 9.34. The van der Waals surface area contributed by atoms with Gasteiger partial charge in [-0.3, -0.25) is 4.90 Å². The molecule has 2 unspecified atom stereocenters. The van der Waals surface area contributed by atoms with Crippen molar-refractivity contribution >= 4 is 0 Å². The van der Waals surface area contributed by atoms with Crippen LogP contribution in [0.1, 0.15) is 51.0 Å². The Hall–Kier alpha value is -0.870. The maximum Gasteiger partial charge on any atom is 0.108 e. The second-order valence-electron chi connectivity index (χ2n) is 7.07. The number of aliphatic hydroxyl groups excluding tert-OH is 1. The molecule has 1 fully saturated rings. The highest BCUT2D eigenvalue weighted by Crippen LogP contribution is 2.24. The molecule has 118 valence electrons. The number of imidazole rings is 1. The van der Waals surface area contributed by atoms with E-state index in [0.29, 0.717) is 24.6 Å². The van der Waals surface area contributed by atoms with Crippen LogP contribution in [0.2, 0.25) is 0 Å². The van der Waals surface area contributed by atoms with Gasteiger partial charge in [0.1, 0.15) is 5.82 Å². The maximum atomic E-state index is 9.34. The Morgan fingerprint density at radius 1 is 1.33 bits per heavy atom. The number of hydrogen-bond acceptors (Lipinski definition) is 3. The largest absolute Gasteiger partial charge is 0.396 e. The van der Waals surface area contributed by atoms with E-state index in [-0.39, 0.29) is 0 Å². The first kappa shape index (κ1) is 15.0. The Balaban J connectivity index is 1.69. The van der Waals surface area contributed by atoms with Gasteiger partial charge in [-0.1, -0.05) is 6.42 Å². The first-order chi connectivity index (χ1) is 10.2. The molecule has 0 saturated carbocycles. The number of aromatic nitrogens is 2. The summed E-state index contributed by atoms with van der Waals surface area (Å²) in [5.41, 5.74) is 1.25. The highest BCUT2D eigenvalue weighted by atomic mass is 16.3. The first-order valence-electron chi connectivity index (χ1n) is 8.59. The van der Waals surface area contributed by atoms with Crippen LogP contribution in [-0.4, -0.2) is 44.8 Å². The number of nitrogens with zero attached hydrogens (tertiary/aromatic N) is 3. The van der Waals surface area contributed by atoms with E-state index in [4.69, 9.17) is 4.98 Å². The number of likely N-dealkylation sites (tertiary alicyclic amines) is 1. The third-order valence-electron chi connectivity index (χ3n) is 5.18. The molecular weight excluding hydrogens is 262 g/mol. The summed E-state index contributed by atoms with van der Waals surface area (Å²) in [6.07, 6.45) is 9.42. The smallest absolute Gasteiger partial charge is 0.108 e. The SMILES string of the molecule is CC(C)N1CCCCC1Cc1cn2c(n1)CCC(CO)C2. The highest BCUT2D eigenvalue weighted by molar-refractivity contribution is 5.09. The van der Waals surface area contributed by atoms with Crippen LogP contribution in [0.15, 0.2) is 6.20 Å². The Morgan fingerprint density at radius 3 is 2.95 bits per heavy atom. The van der Waals surface area contributed by atoms with E-state index in [1.54, 1.807) is 0 Å². The number of aliphatic hydroxyl groups is 1. The van der Waals surface area contributed by atoms with Crippen LogP contribution < -0.4 is 0 Å². The van der Waals surface area contributed by atoms with Crippen LogP contribution in [0.5, 0.6) is 0 Å². The fourth-order valence-corrected chi connectivity index (χ4v) is 3.98. The second kappa shape index (κ2) is 6.49. The van der Waals surface area contributed by atoms with Crippen LogP contribution in [0.4, 0.5) is 0 Å². The molecule has 0 bridgehead atoms. The van der Waals surface area contributed by atoms with Crippen molar-refractivity contribution < 1.29 is 5.11 Å². The summed E-state index contributed by atoms with van der Waals surface area (Å²) in [4.78, 5) is 7.51. The zero-order valence-corrected chi connectivity index (χ0v) is 13.5. The fourth-order valence-electron chi connectivity index (χ4n) is 3.98. The van der Waals surface area contributed by atoms with Crippen molar-refractivity contribution in [3.63, 3.8) is 0 Å². The van der Waals surface area contributed by atoms with E-state index in [9.17, 15) is 5.11 Å². The van der Waals surface area contributed by atoms with Gasteiger partial charge < -0.3 is 9.67 Å². The van der Waals surface area contributed by atoms with Gasteiger partial charge in [0.2, 0.25) is 0 Å². The zero-order chi connectivity index (χ0) is 14.8. The molecule has 2 atom stereocenters. The van der Waals surface area contributed by atoms with Crippen LogP contribution in [0.3, 0.4) is 0 Å². The summed E-state index contributed by atoms with van der Waals surface area (Å²) in [6, 6.07) is 1.29. The van der Waals surface area contributed by atoms with E-state index in [1.807, 2.05) is 0 Å². The van der Waals surface area contributed by atoms with E-state index < -0.39 is 0 Å². The van der Waals surface area contributed by atoms with E-state index in [1.165, 1.54) is 37.3 Å². The minimum atomic E-state index is 0.302. The Morgan fingerprint density at radius 2 is 2.19 bits per heavy atom. The lowest BCUT2D eigenvalue weighted by molar-refractivity contribution is 0.111. The van der Waals surface area contributed by atoms with Crippen LogP contribution >= 0.6 is 0 Å². The molecule has 1 aromatic heterocycles. The molecule has 3 rings (SSSR count). The van der Waals surface area contributed by atoms with E-state index in [0.717, 1.165) is 25.8 Å². The predicted octanol–water partition coefficient (Wildman–Crippen LogP) is 2.24. The van der Waals surface area contributed by atoms with Gasteiger partial charge in [-0.05, 0) is 39.7 Å². The second-order valence-corrected chi connectivity index (χ2v) is 7.07. The van der Waals surface area contributed by atoms with Crippen molar-refractivity contribution in [3.05, 3.63) is 17.7 Å². The summed E-state index contributed by atoms with van der Waals surface area (Å²) < 4.78 is 2.28. The molecule has 2 aliphatic rings. The van der Waals surface area contributed by atoms with Crippen molar-refractivity contribution in [1.82, 2.24) is 14.5 Å². The molecule has 0 spiro atoms. The van der Waals surface area contributed by atoms with Gasteiger partial charge in [0.15, 0.2) is 0 Å². The fraction of sp³-hybridized carbons (Fsp3) is 0.824. The molecule has 1 N–H and O–H groups in total. The molecule has 0 aliphatic carbocycles. The number of fused-ring (bicyclic) bond motifs is 1. The predicted molar refractivity (Wildman–Crippen MR) is 84.3 cm³/mol. The summed E-state index contributed by atoms with van der Waals surface area (Å²) >= 11 is 0. The third-order valence-corrected chi connectivity index (χ3v) is 5.18. The molecule has 0 aromatic carbocycles. The number of rotatable bonds is 4. The molecule has 1 saturated heterocycles. The normalized spacial score (nSPS) is 27.0. The molecule has 3 heterocycles. The monoisotopic (exact) mass is 291 g/mol. The Labute approximate surface area is 128 Å². The molecule has 4 nitrogen and oxygen atoms in total. The Kier molecular flexibility index (Phi) is 4.65. The van der Waals surface area contributed by atoms with Gasteiger partial charge in [-0.15, -0.1) is 0 Å². The molecule has 0 amide bonds. The standard InChI is InChI=1S/C17H29N3O/c1-13(2)20-8-4-3-5-16(20)9-15-11-19-10-14(12-21)6-7-17(19)18-15/h11,13-14,16,21H,3-10,12H2,1-2H3. The van der Waals surface area contributed by atoms with Gasteiger partial charge in [-0.25, -0.2) is 4.98 Å². The number of piperidine rings is 1. The van der Waals surface area contributed by atoms with Crippen LogP contribution in [0.25, 0.3) is 0 Å². The number of aryl methyl sites for hydroxylation is 1. The Bertz CT molecular complexity index is 469. The van der Waals surface area contributed by atoms with Crippen LogP contribution in [0, 0.1) is 5.92 Å². The zero-order valence-electron chi connectivity index (χ0n) is 13.5. The summed E-state index contributed by atoms with van der Waals surface area (Å²) in [5, 5.41) is 9.34. The summed E-state index contributed by atoms with van der Waals surface area (Å²) in [5.74, 6) is 1.64. The molecule has 1 aromatic rings. The average Bonchev–Trinajstić information content (AvgIpc) is 2.88. The first-order valence-corrected chi connectivity index (χ1v) is 8.59. The highest BCUT2D eigenvalue weighted by Gasteiger charge is 2.26. The van der Waals surface area contributed by atoms with Crippen molar-refractivity contribution in [2.75, 3.05) is 13.2 Å². The van der Waals surface area contributed by atoms with Gasteiger partial charge in [-0.2, -0.15) is 0 Å². The van der Waals surface area contributed by atoms with E-state index >= 15 is 0 Å². The minimum Gasteiger partial charge on any atom is -0.396 e. The van der Waals surface area contributed by atoms with Gasteiger partial charge in [0.05, 0.1) is 5.69 Å². The van der Waals surface area contributed by atoms with Crippen molar-refractivity contribution in [1.29, 1.82) is 0 Å². The molecular formula is C17H29N3O. The van der Waals surface area contributed by atoms with Crippen molar-refractivity contribution in [2.24, 2.45) is 5.92 Å². The molecule has 21 heavy (non-hydrogen) atoms. The lowest BCUT2D eigenvalue weighted by Crippen LogP contribution is -2.45. The third kappa shape index (κ3) is 3.32. The minimum absolute atomic E-state index is 0.302.